The van der Waals surface area contributed by atoms with Crippen LogP contribution in [0.3, 0.4) is 0 Å². The minimum absolute atomic E-state index is 0.0561. The zero-order valence-corrected chi connectivity index (χ0v) is 11.0. The number of methoxy groups -OCH3 is 2. The molecule has 0 aliphatic carbocycles. The number of hydrogen-bond acceptors (Lipinski definition) is 6. The zero-order valence-electron chi connectivity index (χ0n) is 11.0. The Labute approximate surface area is 111 Å². The molecule has 1 aromatic carbocycles. The molecule has 0 radical (unpaired) electrons. The summed E-state index contributed by atoms with van der Waals surface area (Å²) in [6, 6.07) is 5.33. The van der Waals surface area contributed by atoms with Crippen LogP contribution in [-0.4, -0.2) is 29.3 Å². The number of anilines is 2. The van der Waals surface area contributed by atoms with Crippen molar-refractivity contribution in [3.05, 3.63) is 30.0 Å². The fourth-order valence-electron chi connectivity index (χ4n) is 1.53. The fraction of sp³-hybridized carbons (Fsp3) is 0.231. The second kappa shape index (κ2) is 5.43. The average molecular weight is 261 g/mol. The number of nitrogens with one attached hydrogen (secondary N) is 1. The van der Waals surface area contributed by atoms with Crippen LogP contribution < -0.4 is 14.8 Å². The number of aryl methyl sites for hydroxylation is 1. The summed E-state index contributed by atoms with van der Waals surface area (Å²) < 4.78 is 10.4. The highest BCUT2D eigenvalue weighted by Gasteiger charge is 2.08. The van der Waals surface area contributed by atoms with Crippen molar-refractivity contribution in [3.8, 4) is 17.4 Å². The third kappa shape index (κ3) is 2.85. The van der Waals surface area contributed by atoms with E-state index in [4.69, 9.17) is 9.47 Å². The van der Waals surface area contributed by atoms with Crippen molar-refractivity contribution in [1.29, 1.82) is 0 Å². The highest BCUT2D eigenvalue weighted by molar-refractivity contribution is 5.65. The van der Waals surface area contributed by atoms with Crippen molar-refractivity contribution in [3.63, 3.8) is 0 Å². The van der Waals surface area contributed by atoms with Gasteiger partial charge in [-0.3, -0.25) is 0 Å². The maximum atomic E-state index is 9.56. The molecule has 0 fully saturated rings. The van der Waals surface area contributed by atoms with E-state index >= 15 is 0 Å². The molecule has 0 spiro atoms. The minimum Gasteiger partial charge on any atom is -0.497 e. The van der Waals surface area contributed by atoms with Crippen LogP contribution in [-0.2, 0) is 0 Å². The fourth-order valence-corrected chi connectivity index (χ4v) is 1.53. The summed E-state index contributed by atoms with van der Waals surface area (Å²) in [6.07, 6.45) is 1.54. The van der Waals surface area contributed by atoms with Gasteiger partial charge in [0.1, 0.15) is 11.5 Å². The van der Waals surface area contributed by atoms with E-state index in [0.29, 0.717) is 22.7 Å². The highest BCUT2D eigenvalue weighted by atomic mass is 16.5. The lowest BCUT2D eigenvalue weighted by molar-refractivity contribution is 0.404. The number of benzene rings is 1. The van der Waals surface area contributed by atoms with E-state index in [0.717, 1.165) is 0 Å². The van der Waals surface area contributed by atoms with Gasteiger partial charge in [-0.05, 0) is 19.1 Å². The normalized spacial score (nSPS) is 10.1. The van der Waals surface area contributed by atoms with E-state index in [-0.39, 0.29) is 11.8 Å². The Morgan fingerprint density at radius 1 is 1.21 bits per heavy atom. The summed E-state index contributed by atoms with van der Waals surface area (Å²) in [5.74, 6) is 1.54. The molecule has 0 unspecified atom stereocenters. The lowest BCUT2D eigenvalue weighted by Gasteiger charge is -2.11. The summed E-state index contributed by atoms with van der Waals surface area (Å²) in [5.41, 5.74) is 1.27. The number of ether oxygens (including phenoxy) is 2. The van der Waals surface area contributed by atoms with Gasteiger partial charge in [-0.2, -0.15) is 4.98 Å². The van der Waals surface area contributed by atoms with E-state index in [9.17, 15) is 5.11 Å². The zero-order chi connectivity index (χ0) is 13.8. The van der Waals surface area contributed by atoms with Crippen molar-refractivity contribution in [1.82, 2.24) is 9.97 Å². The van der Waals surface area contributed by atoms with E-state index in [1.54, 1.807) is 39.3 Å². The molecule has 0 saturated carbocycles. The molecule has 6 heteroatoms. The van der Waals surface area contributed by atoms with E-state index in [1.807, 2.05) is 0 Å². The van der Waals surface area contributed by atoms with Gasteiger partial charge in [-0.25, -0.2) is 4.98 Å². The standard InChI is InChI=1S/C13H15N3O3/c1-8-7-14-13(16-12(8)17)15-10-6-9(18-2)4-5-11(10)19-3/h4-7H,1-3H3,(H2,14,15,16,17). The number of aromatic nitrogens is 2. The quantitative estimate of drug-likeness (QED) is 0.879. The van der Waals surface area contributed by atoms with Crippen molar-refractivity contribution in [2.24, 2.45) is 0 Å². The molecule has 2 N–H and O–H groups in total. The number of rotatable bonds is 4. The first-order chi connectivity index (χ1) is 9.13. The van der Waals surface area contributed by atoms with Crippen molar-refractivity contribution < 1.29 is 14.6 Å². The molecule has 0 saturated heterocycles. The summed E-state index contributed by atoms with van der Waals surface area (Å²) in [5, 5.41) is 12.5. The Bertz CT molecular complexity index is 587. The van der Waals surface area contributed by atoms with E-state index < -0.39 is 0 Å². The summed E-state index contributed by atoms with van der Waals surface area (Å²) >= 11 is 0. The predicted octanol–water partition coefficient (Wildman–Crippen LogP) is 2.25. The third-order valence-corrected chi connectivity index (χ3v) is 2.60. The van der Waals surface area contributed by atoms with Gasteiger partial charge in [0.15, 0.2) is 0 Å². The van der Waals surface area contributed by atoms with Crippen LogP contribution in [0.4, 0.5) is 11.6 Å². The molecule has 0 bridgehead atoms. The monoisotopic (exact) mass is 261 g/mol. The molecule has 0 amide bonds. The van der Waals surface area contributed by atoms with Gasteiger partial charge in [0.05, 0.1) is 19.9 Å². The van der Waals surface area contributed by atoms with Crippen LogP contribution in [0.5, 0.6) is 17.4 Å². The van der Waals surface area contributed by atoms with Crippen molar-refractivity contribution in [2.75, 3.05) is 19.5 Å². The lowest BCUT2D eigenvalue weighted by atomic mass is 10.2. The second-order valence-electron chi connectivity index (χ2n) is 3.89. The minimum atomic E-state index is -0.0561. The Hall–Kier alpha value is -2.50. The molecule has 0 atom stereocenters. The molecule has 19 heavy (non-hydrogen) atoms. The van der Waals surface area contributed by atoms with Crippen molar-refractivity contribution >= 4 is 11.6 Å². The summed E-state index contributed by atoms with van der Waals surface area (Å²) in [6.45, 7) is 1.73. The summed E-state index contributed by atoms with van der Waals surface area (Å²) in [7, 11) is 3.15. The second-order valence-corrected chi connectivity index (χ2v) is 3.89. The smallest absolute Gasteiger partial charge is 0.230 e. The van der Waals surface area contributed by atoms with Gasteiger partial charge >= 0.3 is 0 Å². The number of nitrogens with zero attached hydrogens (tertiary/aromatic N) is 2. The first kappa shape index (κ1) is 12.9. The van der Waals surface area contributed by atoms with Crippen LogP contribution in [0.2, 0.25) is 0 Å². The van der Waals surface area contributed by atoms with Gasteiger partial charge in [0.25, 0.3) is 0 Å². The van der Waals surface area contributed by atoms with Crippen molar-refractivity contribution in [2.45, 2.75) is 6.92 Å². The molecule has 6 nitrogen and oxygen atoms in total. The SMILES string of the molecule is COc1ccc(OC)c(Nc2ncc(C)c(O)n2)c1. The predicted molar refractivity (Wildman–Crippen MR) is 71.3 cm³/mol. The molecular weight excluding hydrogens is 246 g/mol. The lowest BCUT2D eigenvalue weighted by Crippen LogP contribution is -2.00. The first-order valence-corrected chi connectivity index (χ1v) is 5.65. The third-order valence-electron chi connectivity index (χ3n) is 2.60. The Kier molecular flexibility index (Phi) is 3.70. The van der Waals surface area contributed by atoms with Gasteiger partial charge in [-0.15, -0.1) is 0 Å². The molecule has 2 rings (SSSR count). The molecular formula is C13H15N3O3. The average Bonchev–Trinajstić information content (AvgIpc) is 2.43. The van der Waals surface area contributed by atoms with Crippen LogP contribution in [0, 0.1) is 6.92 Å². The van der Waals surface area contributed by atoms with Crippen LogP contribution in [0.15, 0.2) is 24.4 Å². The van der Waals surface area contributed by atoms with Gasteiger partial charge in [0, 0.05) is 17.8 Å². The molecule has 1 heterocycles. The Morgan fingerprint density at radius 3 is 2.63 bits per heavy atom. The molecule has 0 aliphatic rings. The maximum absolute atomic E-state index is 9.56. The van der Waals surface area contributed by atoms with Gasteiger partial charge in [0.2, 0.25) is 11.8 Å². The van der Waals surface area contributed by atoms with Gasteiger partial charge in [-0.1, -0.05) is 0 Å². The number of hydrogen-bond donors (Lipinski definition) is 2. The van der Waals surface area contributed by atoms with Gasteiger partial charge < -0.3 is 19.9 Å². The highest BCUT2D eigenvalue weighted by Crippen LogP contribution is 2.30. The largest absolute Gasteiger partial charge is 0.497 e. The molecule has 100 valence electrons. The Balaban J connectivity index is 2.33. The maximum Gasteiger partial charge on any atom is 0.230 e. The summed E-state index contributed by atoms with van der Waals surface area (Å²) in [4.78, 5) is 8.02. The molecule has 1 aromatic heterocycles. The van der Waals surface area contributed by atoms with E-state index in [1.165, 1.54) is 6.20 Å². The molecule has 2 aromatic rings. The van der Waals surface area contributed by atoms with E-state index in [2.05, 4.69) is 15.3 Å². The number of aromatic hydroxyl groups is 1. The topological polar surface area (TPSA) is 76.5 Å². The van der Waals surface area contributed by atoms with Crippen LogP contribution in [0.1, 0.15) is 5.56 Å². The molecule has 0 aliphatic heterocycles. The first-order valence-electron chi connectivity index (χ1n) is 5.65. The Morgan fingerprint density at radius 2 is 2.00 bits per heavy atom. The van der Waals surface area contributed by atoms with Crippen LogP contribution in [0.25, 0.3) is 0 Å². The van der Waals surface area contributed by atoms with Crippen LogP contribution >= 0.6 is 0 Å².